The van der Waals surface area contributed by atoms with Gasteiger partial charge in [-0.1, -0.05) is 36.4 Å². The highest BCUT2D eigenvalue weighted by Crippen LogP contribution is 2.40. The Balaban J connectivity index is 1.73. The predicted molar refractivity (Wildman–Crippen MR) is 118 cm³/mol. The van der Waals surface area contributed by atoms with E-state index in [1.165, 1.54) is 11.3 Å². The molecule has 0 bridgehead atoms. The molecule has 154 valence electrons. The third-order valence-electron chi connectivity index (χ3n) is 5.04. The van der Waals surface area contributed by atoms with Crippen LogP contribution in [0, 0.1) is 13.8 Å². The molecule has 0 radical (unpaired) electrons. The Hall–Kier alpha value is -3.03. The van der Waals surface area contributed by atoms with Gasteiger partial charge in [0, 0.05) is 23.7 Å². The second kappa shape index (κ2) is 8.77. The van der Waals surface area contributed by atoms with Crippen molar-refractivity contribution < 1.29 is 14.3 Å². The normalized spacial score (nSPS) is 13.9. The third-order valence-corrected chi connectivity index (χ3v) is 6.30. The van der Waals surface area contributed by atoms with Crippen LogP contribution in [0.15, 0.2) is 48.5 Å². The summed E-state index contributed by atoms with van der Waals surface area (Å²) in [7, 11) is 0. The quantitative estimate of drug-likeness (QED) is 0.687. The second-order valence-electron chi connectivity index (χ2n) is 7.15. The zero-order valence-electron chi connectivity index (χ0n) is 17.0. The van der Waals surface area contributed by atoms with Gasteiger partial charge in [0.2, 0.25) is 0 Å². The average molecular weight is 422 g/mol. The smallest absolute Gasteiger partial charge is 0.274 e. The number of nitrogens with one attached hydrogen (secondary N) is 1. The Morgan fingerprint density at radius 2 is 1.77 bits per heavy atom. The molecule has 3 aromatic rings. The van der Waals surface area contributed by atoms with Gasteiger partial charge in [0.1, 0.15) is 10.7 Å². The molecule has 1 aliphatic heterocycles. The molecule has 0 spiro atoms. The van der Waals surface area contributed by atoms with Crippen molar-refractivity contribution in [2.45, 2.75) is 13.8 Å². The van der Waals surface area contributed by atoms with Crippen molar-refractivity contribution in [1.82, 2.24) is 9.88 Å². The van der Waals surface area contributed by atoms with Gasteiger partial charge in [0.15, 0.2) is 0 Å². The molecule has 30 heavy (non-hydrogen) atoms. The van der Waals surface area contributed by atoms with E-state index < -0.39 is 0 Å². The lowest BCUT2D eigenvalue weighted by Gasteiger charge is -2.27. The molecule has 0 aliphatic carbocycles. The molecule has 2 aromatic heterocycles. The summed E-state index contributed by atoms with van der Waals surface area (Å²) in [5, 5.41) is 3.50. The van der Waals surface area contributed by atoms with Crippen LogP contribution in [0.4, 0.5) is 5.00 Å². The molecule has 0 atom stereocenters. The van der Waals surface area contributed by atoms with Crippen molar-refractivity contribution in [3.05, 3.63) is 71.0 Å². The molecule has 3 heterocycles. The van der Waals surface area contributed by atoms with Gasteiger partial charge in [0.25, 0.3) is 11.8 Å². The fourth-order valence-electron chi connectivity index (χ4n) is 3.49. The van der Waals surface area contributed by atoms with Gasteiger partial charge < -0.3 is 15.0 Å². The fraction of sp³-hybridized carbons (Fsp3) is 0.261. The van der Waals surface area contributed by atoms with Gasteiger partial charge in [-0.3, -0.25) is 9.59 Å². The van der Waals surface area contributed by atoms with Gasteiger partial charge in [-0.05, 0) is 37.1 Å². The highest BCUT2D eigenvalue weighted by atomic mass is 32.1. The van der Waals surface area contributed by atoms with Gasteiger partial charge in [-0.2, -0.15) is 0 Å². The Kier molecular flexibility index (Phi) is 5.92. The minimum Gasteiger partial charge on any atom is -0.378 e. The fourth-order valence-corrected chi connectivity index (χ4v) is 4.68. The number of aryl methyl sites for hydroxylation is 1. The summed E-state index contributed by atoms with van der Waals surface area (Å²) >= 11 is 1.42. The molecular formula is C23H23N3O3S. The van der Waals surface area contributed by atoms with Gasteiger partial charge in [0.05, 0.1) is 18.8 Å². The number of amides is 2. The molecule has 1 N–H and O–H groups in total. The molecule has 2 amide bonds. The Morgan fingerprint density at radius 3 is 2.47 bits per heavy atom. The number of nitrogens with zero attached hydrogens (tertiary/aromatic N) is 2. The van der Waals surface area contributed by atoms with Crippen LogP contribution in [0.25, 0.3) is 10.4 Å². The van der Waals surface area contributed by atoms with E-state index in [1.807, 2.05) is 50.2 Å². The number of aromatic nitrogens is 1. The number of carbonyl (C=O) groups is 2. The summed E-state index contributed by atoms with van der Waals surface area (Å²) in [5.74, 6) is -0.405. The molecule has 4 rings (SSSR count). The van der Waals surface area contributed by atoms with E-state index in [-0.39, 0.29) is 11.8 Å². The van der Waals surface area contributed by atoms with Crippen LogP contribution in [-0.4, -0.2) is 48.0 Å². The largest absolute Gasteiger partial charge is 0.378 e. The summed E-state index contributed by atoms with van der Waals surface area (Å²) in [6.07, 6.45) is 0. The molecule has 1 aromatic carbocycles. The number of hydrogen-bond donors (Lipinski definition) is 1. The lowest BCUT2D eigenvalue weighted by Crippen LogP contribution is -2.41. The SMILES string of the molecule is Cc1cccc(C(=O)Nc2sc(-c3ccccc3)c(C)c2C(=O)N2CCOCC2)n1. The van der Waals surface area contributed by atoms with E-state index in [0.29, 0.717) is 42.6 Å². The summed E-state index contributed by atoms with van der Waals surface area (Å²) in [5.41, 5.74) is 3.52. The minimum atomic E-state index is -0.324. The van der Waals surface area contributed by atoms with Crippen molar-refractivity contribution in [3.8, 4) is 10.4 Å². The maximum absolute atomic E-state index is 13.4. The standard InChI is InChI=1S/C23H23N3O3S/c1-15-7-6-10-18(24-15)21(27)25-22-19(23(28)26-11-13-29-14-12-26)16(2)20(30-22)17-8-4-3-5-9-17/h3-10H,11-14H2,1-2H3,(H,25,27). The molecule has 1 fully saturated rings. The summed E-state index contributed by atoms with van der Waals surface area (Å²) in [6, 6.07) is 15.2. The molecule has 1 aliphatic rings. The average Bonchev–Trinajstić information content (AvgIpc) is 3.10. The summed E-state index contributed by atoms with van der Waals surface area (Å²) in [4.78, 5) is 33.3. The van der Waals surface area contributed by atoms with Crippen LogP contribution in [0.1, 0.15) is 32.1 Å². The van der Waals surface area contributed by atoms with E-state index in [2.05, 4.69) is 10.3 Å². The lowest BCUT2D eigenvalue weighted by atomic mass is 10.1. The number of pyridine rings is 1. The van der Waals surface area contributed by atoms with Crippen LogP contribution in [0.3, 0.4) is 0 Å². The number of anilines is 1. The van der Waals surface area contributed by atoms with Gasteiger partial charge >= 0.3 is 0 Å². The first-order valence-electron chi connectivity index (χ1n) is 9.85. The van der Waals surface area contributed by atoms with Gasteiger partial charge in [-0.15, -0.1) is 11.3 Å². The zero-order chi connectivity index (χ0) is 21.1. The van der Waals surface area contributed by atoms with Crippen molar-refractivity contribution in [2.24, 2.45) is 0 Å². The number of rotatable bonds is 4. The Labute approximate surface area is 179 Å². The van der Waals surface area contributed by atoms with E-state index in [9.17, 15) is 9.59 Å². The van der Waals surface area contributed by atoms with E-state index in [0.717, 1.165) is 21.7 Å². The van der Waals surface area contributed by atoms with Crippen molar-refractivity contribution >= 4 is 28.2 Å². The number of carbonyl (C=O) groups excluding carboxylic acids is 2. The molecule has 6 nitrogen and oxygen atoms in total. The molecule has 0 unspecified atom stereocenters. The highest BCUT2D eigenvalue weighted by molar-refractivity contribution is 7.20. The maximum Gasteiger partial charge on any atom is 0.274 e. The first-order valence-corrected chi connectivity index (χ1v) is 10.7. The van der Waals surface area contributed by atoms with E-state index >= 15 is 0 Å². The number of hydrogen-bond acceptors (Lipinski definition) is 5. The van der Waals surface area contributed by atoms with Crippen LogP contribution in [-0.2, 0) is 4.74 Å². The number of morpholine rings is 1. The van der Waals surface area contributed by atoms with E-state index in [4.69, 9.17) is 4.74 Å². The summed E-state index contributed by atoms with van der Waals surface area (Å²) < 4.78 is 5.39. The van der Waals surface area contributed by atoms with E-state index in [1.54, 1.807) is 17.0 Å². The molecule has 1 saturated heterocycles. The number of thiophene rings is 1. The number of benzene rings is 1. The Morgan fingerprint density at radius 1 is 1.03 bits per heavy atom. The Bertz CT molecular complexity index is 1070. The van der Waals surface area contributed by atoms with Crippen molar-refractivity contribution in [1.29, 1.82) is 0 Å². The van der Waals surface area contributed by atoms with Crippen molar-refractivity contribution in [3.63, 3.8) is 0 Å². The molecular weight excluding hydrogens is 398 g/mol. The molecule has 7 heteroatoms. The third kappa shape index (κ3) is 4.13. The van der Waals surface area contributed by atoms with Crippen LogP contribution >= 0.6 is 11.3 Å². The summed E-state index contributed by atoms with van der Waals surface area (Å²) in [6.45, 7) is 5.91. The zero-order valence-corrected chi connectivity index (χ0v) is 17.8. The second-order valence-corrected chi connectivity index (χ2v) is 8.17. The molecule has 0 saturated carbocycles. The van der Waals surface area contributed by atoms with Crippen LogP contribution in [0.5, 0.6) is 0 Å². The lowest BCUT2D eigenvalue weighted by molar-refractivity contribution is 0.0303. The topological polar surface area (TPSA) is 71.5 Å². The highest BCUT2D eigenvalue weighted by Gasteiger charge is 2.28. The number of ether oxygens (including phenoxy) is 1. The predicted octanol–water partition coefficient (Wildman–Crippen LogP) is 4.15. The first kappa shape index (κ1) is 20.3. The maximum atomic E-state index is 13.4. The monoisotopic (exact) mass is 421 g/mol. The van der Waals surface area contributed by atoms with Crippen LogP contribution < -0.4 is 5.32 Å². The van der Waals surface area contributed by atoms with Gasteiger partial charge in [-0.25, -0.2) is 4.98 Å². The first-order chi connectivity index (χ1) is 14.5. The van der Waals surface area contributed by atoms with Crippen LogP contribution in [0.2, 0.25) is 0 Å². The van der Waals surface area contributed by atoms with Crippen molar-refractivity contribution in [2.75, 3.05) is 31.6 Å². The minimum absolute atomic E-state index is 0.0817.